The number of benzene rings is 1. The fourth-order valence-corrected chi connectivity index (χ4v) is 4.05. The number of carbonyl (C=O) groups excluding carboxylic acids is 1. The van der Waals surface area contributed by atoms with Gasteiger partial charge in [0.05, 0.1) is 11.2 Å². The van der Waals surface area contributed by atoms with Crippen LogP contribution in [0.2, 0.25) is 5.02 Å². The lowest BCUT2D eigenvalue weighted by Crippen LogP contribution is -2.14. The van der Waals surface area contributed by atoms with Crippen molar-refractivity contribution in [3.05, 3.63) is 46.7 Å². The summed E-state index contributed by atoms with van der Waals surface area (Å²) in [6, 6.07) is 5.17. The van der Waals surface area contributed by atoms with Crippen molar-refractivity contribution in [2.75, 3.05) is 13.3 Å². The Hall–Kier alpha value is -1.64. The minimum absolute atomic E-state index is 0.0311. The van der Waals surface area contributed by atoms with Gasteiger partial charge in [-0.25, -0.2) is 0 Å². The van der Waals surface area contributed by atoms with Crippen LogP contribution in [0.1, 0.15) is 22.3 Å². The van der Waals surface area contributed by atoms with E-state index in [9.17, 15) is 9.36 Å². The molecule has 0 N–H and O–H groups in total. The van der Waals surface area contributed by atoms with Gasteiger partial charge >= 0.3 is 0 Å². The number of hydrogen-bond acceptors (Lipinski definition) is 4. The first kappa shape index (κ1) is 15.3. The molecule has 0 atom stereocenters. The molecule has 1 aliphatic rings. The Labute approximate surface area is 133 Å². The van der Waals surface area contributed by atoms with Crippen LogP contribution in [0.5, 0.6) is 11.5 Å². The van der Waals surface area contributed by atoms with Crippen LogP contribution in [0, 0.1) is 0 Å². The smallest absolute Gasteiger partial charge is 0.164 e. The molecule has 0 amide bonds. The molecule has 0 spiro atoms. The minimum Gasteiger partial charge on any atom is -0.455 e. The molecule has 114 valence electrons. The molecule has 1 aliphatic carbocycles. The summed E-state index contributed by atoms with van der Waals surface area (Å²) in [7, 11) is -2.52. The third-order valence-corrected chi connectivity index (χ3v) is 5.36. The molecule has 3 rings (SSSR count). The fraction of sp³-hybridized carbons (Fsp3) is 0.250. The highest BCUT2D eigenvalue weighted by atomic mass is 35.5. The Morgan fingerprint density at radius 3 is 2.68 bits per heavy atom. The monoisotopic (exact) mass is 335 g/mol. The van der Waals surface area contributed by atoms with Crippen molar-refractivity contribution >= 4 is 29.8 Å². The molecule has 0 unspecified atom stereocenters. The molecule has 1 aromatic heterocycles. The van der Waals surface area contributed by atoms with E-state index in [-0.39, 0.29) is 5.78 Å². The van der Waals surface area contributed by atoms with Gasteiger partial charge in [0.2, 0.25) is 0 Å². The maximum Gasteiger partial charge on any atom is 0.164 e. The number of aromatic nitrogens is 1. The van der Waals surface area contributed by atoms with E-state index in [2.05, 4.69) is 4.98 Å². The standard InChI is InChI=1S/C16H15ClNO3P/c1-22(2,20)15-6-5-14(12-3-4-13(19)16(12)15)21-11-7-10(17)8-18-9-11/h5-9H,3-4H2,1-2H3. The molecule has 0 aliphatic heterocycles. The Balaban J connectivity index is 2.08. The summed E-state index contributed by atoms with van der Waals surface area (Å²) in [5.74, 6) is 1.14. The first-order valence-corrected chi connectivity index (χ1v) is 9.87. The SMILES string of the molecule is CP(C)(=O)c1ccc(Oc2cncc(Cl)c2)c2c1C(=O)CC2. The molecule has 0 bridgehead atoms. The molecule has 1 aromatic carbocycles. The molecule has 4 nitrogen and oxygen atoms in total. The average molecular weight is 336 g/mol. The van der Waals surface area contributed by atoms with Crippen LogP contribution < -0.4 is 10.0 Å². The number of pyridine rings is 1. The molecule has 0 saturated carbocycles. The third-order valence-electron chi connectivity index (χ3n) is 3.62. The zero-order valence-electron chi connectivity index (χ0n) is 12.3. The molecular weight excluding hydrogens is 321 g/mol. The van der Waals surface area contributed by atoms with Gasteiger partial charge in [-0.1, -0.05) is 11.6 Å². The predicted octanol–water partition coefficient (Wildman–Crippen LogP) is 3.90. The Bertz CT molecular complexity index is 813. The zero-order chi connectivity index (χ0) is 15.9. The number of Topliss-reactive ketones (excluding diaryl/α,β-unsaturated/α-hetero) is 1. The molecule has 0 radical (unpaired) electrons. The lowest BCUT2D eigenvalue weighted by Gasteiger charge is -2.15. The third kappa shape index (κ3) is 2.81. The van der Waals surface area contributed by atoms with Gasteiger partial charge in [0.25, 0.3) is 0 Å². The van der Waals surface area contributed by atoms with Gasteiger partial charge < -0.3 is 9.30 Å². The van der Waals surface area contributed by atoms with Crippen molar-refractivity contribution in [2.45, 2.75) is 12.8 Å². The van der Waals surface area contributed by atoms with Gasteiger partial charge in [-0.2, -0.15) is 0 Å². The molecule has 22 heavy (non-hydrogen) atoms. The number of ketones is 1. The van der Waals surface area contributed by atoms with Crippen molar-refractivity contribution < 1.29 is 14.1 Å². The van der Waals surface area contributed by atoms with Gasteiger partial charge in [-0.05, 0) is 31.9 Å². The number of ether oxygens (including phenoxy) is 1. The Morgan fingerprint density at radius 1 is 1.23 bits per heavy atom. The van der Waals surface area contributed by atoms with E-state index in [4.69, 9.17) is 16.3 Å². The number of halogens is 1. The Morgan fingerprint density at radius 2 is 2.00 bits per heavy atom. The molecule has 6 heteroatoms. The van der Waals surface area contributed by atoms with Crippen molar-refractivity contribution in [3.8, 4) is 11.5 Å². The fourth-order valence-electron chi connectivity index (χ4n) is 2.66. The van der Waals surface area contributed by atoms with Crippen LogP contribution in [-0.2, 0) is 11.0 Å². The summed E-state index contributed by atoms with van der Waals surface area (Å²) in [6.45, 7) is 3.35. The maximum atomic E-state index is 12.4. The van der Waals surface area contributed by atoms with E-state index in [1.807, 2.05) is 0 Å². The highest BCUT2D eigenvalue weighted by Gasteiger charge is 2.30. The average Bonchev–Trinajstić information content (AvgIpc) is 2.81. The topological polar surface area (TPSA) is 56.3 Å². The highest BCUT2D eigenvalue weighted by Crippen LogP contribution is 2.42. The normalized spacial score (nSPS) is 14.0. The van der Waals surface area contributed by atoms with E-state index in [1.54, 1.807) is 37.7 Å². The second-order valence-corrected chi connectivity index (χ2v) is 9.27. The van der Waals surface area contributed by atoms with Crippen LogP contribution >= 0.6 is 18.7 Å². The molecular formula is C16H15ClNO3P. The molecule has 2 aromatic rings. The van der Waals surface area contributed by atoms with Crippen molar-refractivity contribution in [2.24, 2.45) is 0 Å². The molecule has 0 fully saturated rings. The second-order valence-electron chi connectivity index (χ2n) is 5.65. The Kier molecular flexibility index (Phi) is 3.84. The highest BCUT2D eigenvalue weighted by molar-refractivity contribution is 7.70. The summed E-state index contributed by atoms with van der Waals surface area (Å²) < 4.78 is 18.2. The first-order chi connectivity index (χ1) is 10.4. The van der Waals surface area contributed by atoms with Gasteiger partial charge in [0.15, 0.2) is 5.78 Å². The number of rotatable bonds is 3. The number of fused-ring (bicyclic) bond motifs is 1. The summed E-state index contributed by atoms with van der Waals surface area (Å²) in [6.07, 6.45) is 4.12. The van der Waals surface area contributed by atoms with Gasteiger partial charge in [-0.15, -0.1) is 0 Å². The zero-order valence-corrected chi connectivity index (χ0v) is 13.9. The predicted molar refractivity (Wildman–Crippen MR) is 87.5 cm³/mol. The first-order valence-electron chi connectivity index (χ1n) is 6.89. The lowest BCUT2D eigenvalue weighted by atomic mass is 10.1. The number of carbonyl (C=O) groups is 1. The molecule has 0 saturated heterocycles. The van der Waals surface area contributed by atoms with Crippen LogP contribution in [0.15, 0.2) is 30.6 Å². The van der Waals surface area contributed by atoms with Crippen LogP contribution in [-0.4, -0.2) is 24.1 Å². The number of nitrogens with zero attached hydrogens (tertiary/aromatic N) is 1. The van der Waals surface area contributed by atoms with Gasteiger partial charge in [0, 0.05) is 35.1 Å². The van der Waals surface area contributed by atoms with Crippen LogP contribution in [0.4, 0.5) is 0 Å². The van der Waals surface area contributed by atoms with E-state index < -0.39 is 7.14 Å². The lowest BCUT2D eigenvalue weighted by molar-refractivity contribution is 0.0995. The minimum atomic E-state index is -2.52. The maximum absolute atomic E-state index is 12.4. The summed E-state index contributed by atoms with van der Waals surface area (Å²) in [5.41, 5.74) is 1.40. The van der Waals surface area contributed by atoms with E-state index in [1.165, 1.54) is 6.20 Å². The van der Waals surface area contributed by atoms with Crippen molar-refractivity contribution in [1.82, 2.24) is 4.98 Å². The van der Waals surface area contributed by atoms with E-state index >= 15 is 0 Å². The number of hydrogen-bond donors (Lipinski definition) is 0. The van der Waals surface area contributed by atoms with Gasteiger partial charge in [0.1, 0.15) is 18.6 Å². The summed E-state index contributed by atoms with van der Waals surface area (Å²) in [4.78, 5) is 16.2. The van der Waals surface area contributed by atoms with Crippen molar-refractivity contribution in [3.63, 3.8) is 0 Å². The summed E-state index contributed by atoms with van der Waals surface area (Å²) >= 11 is 5.90. The molecule has 1 heterocycles. The van der Waals surface area contributed by atoms with E-state index in [0.717, 1.165) is 5.56 Å². The van der Waals surface area contributed by atoms with Gasteiger partial charge in [-0.3, -0.25) is 9.78 Å². The van der Waals surface area contributed by atoms with Crippen LogP contribution in [0.3, 0.4) is 0 Å². The van der Waals surface area contributed by atoms with E-state index in [0.29, 0.717) is 40.2 Å². The van der Waals surface area contributed by atoms with Crippen molar-refractivity contribution in [1.29, 1.82) is 0 Å². The quantitative estimate of drug-likeness (QED) is 0.798. The van der Waals surface area contributed by atoms with Crippen LogP contribution in [0.25, 0.3) is 0 Å². The largest absolute Gasteiger partial charge is 0.455 e. The summed E-state index contributed by atoms with van der Waals surface area (Å²) in [5, 5.41) is 1.12. The second kappa shape index (κ2) is 5.53.